The van der Waals surface area contributed by atoms with Gasteiger partial charge in [0.2, 0.25) is 0 Å². The predicted octanol–water partition coefficient (Wildman–Crippen LogP) is 2.25. The van der Waals surface area contributed by atoms with Crippen molar-refractivity contribution < 1.29 is 13.2 Å². The van der Waals surface area contributed by atoms with Gasteiger partial charge in [0.1, 0.15) is 0 Å². The maximum Gasteiger partial charge on any atom is 0.264 e. The van der Waals surface area contributed by atoms with Gasteiger partial charge in [0, 0.05) is 38.3 Å². The Hall–Kier alpha value is -2.38. The van der Waals surface area contributed by atoms with Gasteiger partial charge in [0.05, 0.1) is 10.6 Å². The first-order chi connectivity index (χ1) is 12.8. The van der Waals surface area contributed by atoms with Gasteiger partial charge in [-0.3, -0.25) is 9.10 Å². The van der Waals surface area contributed by atoms with Gasteiger partial charge in [-0.25, -0.2) is 8.42 Å². The van der Waals surface area contributed by atoms with Crippen molar-refractivity contribution in [1.29, 1.82) is 0 Å². The Kier molecular flexibility index (Phi) is 5.53. The van der Waals surface area contributed by atoms with Crippen LogP contribution in [0.1, 0.15) is 22.8 Å². The number of amides is 1. The number of benzene rings is 2. The smallest absolute Gasteiger partial charge is 0.264 e. The summed E-state index contributed by atoms with van der Waals surface area (Å²) >= 11 is 0. The maximum absolute atomic E-state index is 12.8. The summed E-state index contributed by atoms with van der Waals surface area (Å²) in [7, 11) is -2.12. The second-order valence-corrected chi connectivity index (χ2v) is 8.85. The van der Waals surface area contributed by atoms with Crippen LogP contribution >= 0.6 is 0 Å². The summed E-state index contributed by atoms with van der Waals surface area (Å²) in [6.07, 6.45) is 0. The van der Waals surface area contributed by atoms with Gasteiger partial charge < -0.3 is 10.2 Å². The monoisotopic (exact) mass is 387 g/mol. The quantitative estimate of drug-likeness (QED) is 0.874. The second kappa shape index (κ2) is 7.70. The van der Waals surface area contributed by atoms with Gasteiger partial charge in [0.15, 0.2) is 0 Å². The molecule has 7 heteroatoms. The van der Waals surface area contributed by atoms with E-state index in [2.05, 4.69) is 5.32 Å². The first-order valence-electron chi connectivity index (χ1n) is 8.98. The number of anilines is 1. The number of piperazine rings is 1. The lowest BCUT2D eigenvalue weighted by Crippen LogP contribution is -2.52. The van der Waals surface area contributed by atoms with Crippen molar-refractivity contribution in [3.8, 4) is 0 Å². The number of hydrogen-bond acceptors (Lipinski definition) is 4. The Morgan fingerprint density at radius 2 is 1.74 bits per heavy atom. The Labute approximate surface area is 160 Å². The van der Waals surface area contributed by atoms with E-state index in [1.165, 1.54) is 11.4 Å². The van der Waals surface area contributed by atoms with Crippen LogP contribution in [0.4, 0.5) is 5.69 Å². The van der Waals surface area contributed by atoms with Gasteiger partial charge in [0.25, 0.3) is 15.9 Å². The third-order valence-corrected chi connectivity index (χ3v) is 6.72. The molecule has 1 aliphatic heterocycles. The molecule has 1 saturated heterocycles. The van der Waals surface area contributed by atoms with E-state index in [0.717, 1.165) is 18.7 Å². The van der Waals surface area contributed by atoms with Gasteiger partial charge in [-0.05, 0) is 50.2 Å². The van der Waals surface area contributed by atoms with E-state index in [0.29, 0.717) is 17.8 Å². The molecular formula is C20H25N3O3S. The zero-order valence-corrected chi connectivity index (χ0v) is 16.7. The summed E-state index contributed by atoms with van der Waals surface area (Å²) < 4.78 is 26.8. The Balaban J connectivity index is 1.80. The number of hydrogen-bond donors (Lipinski definition) is 1. The molecule has 6 nitrogen and oxygen atoms in total. The third-order valence-electron chi connectivity index (χ3n) is 4.92. The molecule has 1 heterocycles. The van der Waals surface area contributed by atoms with Crippen molar-refractivity contribution in [3.63, 3.8) is 0 Å². The third kappa shape index (κ3) is 3.99. The van der Waals surface area contributed by atoms with Crippen molar-refractivity contribution in [2.75, 3.05) is 31.0 Å². The fourth-order valence-corrected chi connectivity index (χ4v) is 4.33. The normalized spacial score (nSPS) is 17.6. The molecule has 0 radical (unpaired) electrons. The molecule has 1 aliphatic rings. The van der Waals surface area contributed by atoms with Crippen molar-refractivity contribution in [3.05, 3.63) is 59.7 Å². The Morgan fingerprint density at radius 1 is 1.11 bits per heavy atom. The van der Waals surface area contributed by atoms with E-state index in [1.54, 1.807) is 48.5 Å². The fraction of sp³-hybridized carbons (Fsp3) is 0.350. The maximum atomic E-state index is 12.8. The molecule has 0 saturated carbocycles. The zero-order chi connectivity index (χ0) is 19.6. The molecule has 0 aromatic heterocycles. The average molecular weight is 388 g/mol. The molecule has 0 bridgehead atoms. The Morgan fingerprint density at radius 3 is 2.33 bits per heavy atom. The SMILES string of the molecule is Cc1ccc(S(=O)(=O)N(C)c2ccc(C(=O)N3CCNCC3C)cc2)cc1. The van der Waals surface area contributed by atoms with Gasteiger partial charge in [-0.2, -0.15) is 0 Å². The average Bonchev–Trinajstić information content (AvgIpc) is 2.68. The summed E-state index contributed by atoms with van der Waals surface area (Å²) in [4.78, 5) is 14.8. The summed E-state index contributed by atoms with van der Waals surface area (Å²) in [6, 6.07) is 13.6. The van der Waals surface area contributed by atoms with Gasteiger partial charge in [-0.15, -0.1) is 0 Å². The molecule has 27 heavy (non-hydrogen) atoms. The van der Waals surface area contributed by atoms with E-state index in [-0.39, 0.29) is 16.8 Å². The number of carbonyl (C=O) groups excluding carboxylic acids is 1. The molecule has 1 fully saturated rings. The number of rotatable bonds is 4. The highest BCUT2D eigenvalue weighted by Crippen LogP contribution is 2.23. The van der Waals surface area contributed by atoms with E-state index < -0.39 is 10.0 Å². The summed E-state index contributed by atoms with van der Waals surface area (Å²) in [5.74, 6) is -0.0282. The fourth-order valence-electron chi connectivity index (χ4n) is 3.13. The highest BCUT2D eigenvalue weighted by Gasteiger charge is 2.25. The van der Waals surface area contributed by atoms with Gasteiger partial charge in [-0.1, -0.05) is 17.7 Å². The molecule has 3 rings (SSSR count). The van der Waals surface area contributed by atoms with Crippen LogP contribution < -0.4 is 9.62 Å². The Bertz CT molecular complexity index is 908. The predicted molar refractivity (Wildman–Crippen MR) is 107 cm³/mol. The number of carbonyl (C=O) groups is 1. The van der Waals surface area contributed by atoms with Crippen molar-refractivity contribution in [2.24, 2.45) is 0 Å². The number of nitrogens with zero attached hydrogens (tertiary/aromatic N) is 2. The van der Waals surface area contributed by atoms with Crippen LogP contribution in [0.3, 0.4) is 0 Å². The van der Waals surface area contributed by atoms with Crippen LogP contribution in [-0.4, -0.2) is 51.9 Å². The van der Waals surface area contributed by atoms with Crippen LogP contribution in [0.5, 0.6) is 0 Å². The highest BCUT2D eigenvalue weighted by atomic mass is 32.2. The topological polar surface area (TPSA) is 69.7 Å². The number of nitrogens with one attached hydrogen (secondary N) is 1. The molecule has 144 valence electrons. The van der Waals surface area contributed by atoms with E-state index >= 15 is 0 Å². The second-order valence-electron chi connectivity index (χ2n) is 6.88. The first-order valence-corrected chi connectivity index (χ1v) is 10.4. The lowest BCUT2D eigenvalue weighted by molar-refractivity contribution is 0.0656. The summed E-state index contributed by atoms with van der Waals surface area (Å²) in [5, 5.41) is 3.26. The molecule has 1 atom stereocenters. The van der Waals surface area contributed by atoms with E-state index in [9.17, 15) is 13.2 Å². The minimum Gasteiger partial charge on any atom is -0.333 e. The highest BCUT2D eigenvalue weighted by molar-refractivity contribution is 7.92. The number of sulfonamides is 1. The van der Waals surface area contributed by atoms with E-state index in [4.69, 9.17) is 0 Å². The summed E-state index contributed by atoms with van der Waals surface area (Å²) in [6.45, 7) is 6.16. The van der Waals surface area contributed by atoms with Gasteiger partial charge >= 0.3 is 0 Å². The molecule has 2 aromatic rings. The van der Waals surface area contributed by atoms with Crippen LogP contribution in [0.15, 0.2) is 53.4 Å². The van der Waals surface area contributed by atoms with Crippen LogP contribution in [0.2, 0.25) is 0 Å². The molecule has 1 N–H and O–H groups in total. The summed E-state index contributed by atoms with van der Waals surface area (Å²) in [5.41, 5.74) is 2.08. The van der Waals surface area contributed by atoms with Crippen LogP contribution in [0, 0.1) is 6.92 Å². The minimum atomic E-state index is -3.64. The molecule has 0 aliphatic carbocycles. The number of aryl methyl sites for hydroxylation is 1. The van der Waals surface area contributed by atoms with Crippen molar-refractivity contribution in [2.45, 2.75) is 24.8 Å². The molecular weight excluding hydrogens is 362 g/mol. The lowest BCUT2D eigenvalue weighted by Gasteiger charge is -2.34. The molecule has 2 aromatic carbocycles. The molecule has 1 amide bonds. The lowest BCUT2D eigenvalue weighted by atomic mass is 10.1. The van der Waals surface area contributed by atoms with Crippen LogP contribution in [0.25, 0.3) is 0 Å². The first kappa shape index (κ1) is 19.4. The van der Waals surface area contributed by atoms with Crippen LogP contribution in [-0.2, 0) is 10.0 Å². The largest absolute Gasteiger partial charge is 0.333 e. The zero-order valence-electron chi connectivity index (χ0n) is 15.8. The molecule has 0 spiro atoms. The van der Waals surface area contributed by atoms with E-state index in [1.807, 2.05) is 18.7 Å². The standard InChI is InChI=1S/C20H25N3O3S/c1-15-4-10-19(11-5-15)27(25,26)22(3)18-8-6-17(7-9-18)20(24)23-13-12-21-14-16(23)2/h4-11,16,21H,12-14H2,1-3H3. The molecule has 1 unspecified atom stereocenters. The van der Waals surface area contributed by atoms with Crippen molar-refractivity contribution in [1.82, 2.24) is 10.2 Å². The van der Waals surface area contributed by atoms with Crippen molar-refractivity contribution >= 4 is 21.6 Å². The minimum absolute atomic E-state index is 0.0282.